The molecule has 128 valence electrons. The second kappa shape index (κ2) is 7.63. The van der Waals surface area contributed by atoms with Crippen LogP contribution in [0, 0.1) is 0 Å². The molecule has 0 spiro atoms. The van der Waals surface area contributed by atoms with Gasteiger partial charge in [-0.1, -0.05) is 23.4 Å². The van der Waals surface area contributed by atoms with Gasteiger partial charge in [-0.15, -0.1) is 0 Å². The van der Waals surface area contributed by atoms with E-state index >= 15 is 0 Å². The van der Waals surface area contributed by atoms with E-state index in [0.29, 0.717) is 16.3 Å². The lowest BCUT2D eigenvalue weighted by Gasteiger charge is -2.08. The van der Waals surface area contributed by atoms with E-state index in [4.69, 9.17) is 16.3 Å². The summed E-state index contributed by atoms with van der Waals surface area (Å²) in [6.45, 7) is 0. The van der Waals surface area contributed by atoms with Gasteiger partial charge in [0.2, 0.25) is 0 Å². The van der Waals surface area contributed by atoms with E-state index in [0.717, 1.165) is 15.5 Å². The predicted molar refractivity (Wildman–Crippen MR) is 99.7 cm³/mol. The molecule has 0 atom stereocenters. The molecule has 25 heavy (non-hydrogen) atoms. The minimum absolute atomic E-state index is 0.222. The Morgan fingerprint density at radius 3 is 2.60 bits per heavy atom. The summed E-state index contributed by atoms with van der Waals surface area (Å²) in [6.07, 6.45) is 3.18. The second-order valence-electron chi connectivity index (χ2n) is 5.28. The summed E-state index contributed by atoms with van der Waals surface area (Å²) in [4.78, 5) is 14.1. The molecular weight excluding hydrogens is 358 g/mol. The van der Waals surface area contributed by atoms with Crippen molar-refractivity contribution >= 4 is 35.0 Å². The van der Waals surface area contributed by atoms with Crippen LogP contribution in [0.25, 0.3) is 0 Å². The molecule has 0 unspecified atom stereocenters. The number of hydrogen-bond donors (Lipinski definition) is 1. The molecule has 0 aliphatic rings. The van der Waals surface area contributed by atoms with E-state index in [-0.39, 0.29) is 5.91 Å². The molecule has 1 amide bonds. The normalized spacial score (nSPS) is 10.5. The summed E-state index contributed by atoms with van der Waals surface area (Å²) in [5.41, 5.74) is 1.13. The van der Waals surface area contributed by atoms with Gasteiger partial charge >= 0.3 is 0 Å². The minimum Gasteiger partial charge on any atom is -0.497 e. The third-order valence-corrected chi connectivity index (χ3v) is 4.95. The monoisotopic (exact) mass is 373 g/mol. The molecule has 0 saturated heterocycles. The maximum atomic E-state index is 12.2. The highest BCUT2D eigenvalue weighted by molar-refractivity contribution is 7.99. The predicted octanol–water partition coefficient (Wildman–Crippen LogP) is 4.49. The number of halogens is 1. The number of carbonyl (C=O) groups is 1. The van der Waals surface area contributed by atoms with Crippen LogP contribution in [-0.2, 0) is 7.05 Å². The molecule has 5 nitrogen and oxygen atoms in total. The standard InChI is InChI=1S/C18H16ClN3O2S/c1-22-11-12(10-20-22)18(23)21-13-3-8-17(16(19)9-13)25-15-6-4-14(24-2)5-7-15/h3-11H,1-2H3,(H,21,23). The van der Waals surface area contributed by atoms with Crippen LogP contribution in [0.5, 0.6) is 5.75 Å². The fourth-order valence-corrected chi connectivity index (χ4v) is 3.29. The Morgan fingerprint density at radius 2 is 2.00 bits per heavy atom. The lowest BCUT2D eigenvalue weighted by molar-refractivity contribution is 0.102. The second-order valence-corrected chi connectivity index (χ2v) is 6.80. The van der Waals surface area contributed by atoms with Crippen molar-refractivity contribution in [1.29, 1.82) is 0 Å². The first kappa shape index (κ1) is 17.4. The summed E-state index contributed by atoms with van der Waals surface area (Å²) in [6, 6.07) is 13.2. The Morgan fingerprint density at radius 1 is 1.24 bits per heavy atom. The number of amides is 1. The van der Waals surface area contributed by atoms with Crippen molar-refractivity contribution < 1.29 is 9.53 Å². The first-order valence-electron chi connectivity index (χ1n) is 7.46. The molecule has 2 aromatic carbocycles. The average Bonchev–Trinajstić information content (AvgIpc) is 3.04. The number of benzene rings is 2. The molecule has 7 heteroatoms. The summed E-state index contributed by atoms with van der Waals surface area (Å²) in [5, 5.41) is 7.38. The van der Waals surface area contributed by atoms with Crippen LogP contribution in [-0.4, -0.2) is 22.8 Å². The molecule has 0 saturated carbocycles. The van der Waals surface area contributed by atoms with Gasteiger partial charge in [-0.05, 0) is 42.5 Å². The van der Waals surface area contributed by atoms with Gasteiger partial charge in [-0.25, -0.2) is 0 Å². The number of methoxy groups -OCH3 is 1. The quantitative estimate of drug-likeness (QED) is 0.716. The molecular formula is C18H16ClN3O2S. The van der Waals surface area contributed by atoms with E-state index in [2.05, 4.69) is 10.4 Å². The van der Waals surface area contributed by atoms with Crippen LogP contribution >= 0.6 is 23.4 Å². The number of rotatable bonds is 5. The average molecular weight is 374 g/mol. The summed E-state index contributed by atoms with van der Waals surface area (Å²) in [5.74, 6) is 0.587. The first-order chi connectivity index (χ1) is 12.0. The van der Waals surface area contributed by atoms with Gasteiger partial charge in [0.25, 0.3) is 5.91 Å². The molecule has 0 bridgehead atoms. The lowest BCUT2D eigenvalue weighted by atomic mass is 10.3. The van der Waals surface area contributed by atoms with Crippen molar-refractivity contribution in [2.45, 2.75) is 9.79 Å². The van der Waals surface area contributed by atoms with Crippen LogP contribution in [0.3, 0.4) is 0 Å². The Kier molecular flexibility index (Phi) is 5.31. The molecule has 0 radical (unpaired) electrons. The Balaban J connectivity index is 1.70. The van der Waals surface area contributed by atoms with Gasteiger partial charge in [-0.2, -0.15) is 5.10 Å². The van der Waals surface area contributed by atoms with E-state index in [1.807, 2.05) is 36.4 Å². The molecule has 3 aromatic rings. The number of nitrogens with one attached hydrogen (secondary N) is 1. The van der Waals surface area contributed by atoms with Crippen LogP contribution in [0.1, 0.15) is 10.4 Å². The first-order valence-corrected chi connectivity index (χ1v) is 8.66. The van der Waals surface area contributed by atoms with Crippen LogP contribution < -0.4 is 10.1 Å². The van der Waals surface area contributed by atoms with E-state index < -0.39 is 0 Å². The summed E-state index contributed by atoms with van der Waals surface area (Å²) in [7, 11) is 3.40. The fourth-order valence-electron chi connectivity index (χ4n) is 2.17. The number of hydrogen-bond acceptors (Lipinski definition) is 4. The van der Waals surface area contributed by atoms with Crippen molar-refractivity contribution in [1.82, 2.24) is 9.78 Å². The SMILES string of the molecule is COc1ccc(Sc2ccc(NC(=O)c3cnn(C)c3)cc2Cl)cc1. The van der Waals surface area contributed by atoms with E-state index in [9.17, 15) is 4.79 Å². The van der Waals surface area contributed by atoms with Gasteiger partial charge in [0.1, 0.15) is 5.75 Å². The fraction of sp³-hybridized carbons (Fsp3) is 0.111. The molecule has 0 fully saturated rings. The van der Waals surface area contributed by atoms with Gasteiger partial charge in [0, 0.05) is 28.7 Å². The summed E-state index contributed by atoms with van der Waals surface area (Å²) >= 11 is 7.91. The zero-order valence-electron chi connectivity index (χ0n) is 13.7. The van der Waals surface area contributed by atoms with Gasteiger partial charge in [0.15, 0.2) is 0 Å². The minimum atomic E-state index is -0.222. The Hall–Kier alpha value is -2.44. The molecule has 1 aromatic heterocycles. The number of nitrogens with zero attached hydrogens (tertiary/aromatic N) is 2. The summed E-state index contributed by atoms with van der Waals surface area (Å²) < 4.78 is 6.73. The third-order valence-electron chi connectivity index (χ3n) is 3.44. The number of ether oxygens (including phenoxy) is 1. The van der Waals surface area contributed by atoms with Crippen molar-refractivity contribution in [3.05, 3.63) is 65.4 Å². The van der Waals surface area contributed by atoms with Gasteiger partial charge in [0.05, 0.1) is 23.9 Å². The zero-order chi connectivity index (χ0) is 17.8. The number of aromatic nitrogens is 2. The van der Waals surface area contributed by atoms with E-state index in [1.165, 1.54) is 6.20 Å². The topological polar surface area (TPSA) is 56.1 Å². The maximum Gasteiger partial charge on any atom is 0.258 e. The number of carbonyl (C=O) groups excluding carboxylic acids is 1. The van der Waals surface area contributed by atoms with Crippen LogP contribution in [0.15, 0.2) is 64.6 Å². The molecule has 0 aliphatic carbocycles. The molecule has 1 heterocycles. The highest BCUT2D eigenvalue weighted by Gasteiger charge is 2.10. The largest absolute Gasteiger partial charge is 0.497 e. The Labute approximate surface area is 154 Å². The number of anilines is 1. The van der Waals surface area contributed by atoms with Gasteiger partial charge in [-0.3, -0.25) is 9.48 Å². The van der Waals surface area contributed by atoms with Crippen molar-refractivity contribution in [2.75, 3.05) is 12.4 Å². The van der Waals surface area contributed by atoms with Crippen LogP contribution in [0.2, 0.25) is 5.02 Å². The van der Waals surface area contributed by atoms with Crippen molar-refractivity contribution in [3.63, 3.8) is 0 Å². The highest BCUT2D eigenvalue weighted by atomic mass is 35.5. The van der Waals surface area contributed by atoms with Crippen molar-refractivity contribution in [2.24, 2.45) is 7.05 Å². The van der Waals surface area contributed by atoms with E-state index in [1.54, 1.807) is 42.9 Å². The highest BCUT2D eigenvalue weighted by Crippen LogP contribution is 2.35. The molecule has 0 aliphatic heterocycles. The zero-order valence-corrected chi connectivity index (χ0v) is 15.3. The van der Waals surface area contributed by atoms with Crippen molar-refractivity contribution in [3.8, 4) is 5.75 Å². The lowest BCUT2D eigenvalue weighted by Crippen LogP contribution is -2.11. The third kappa shape index (κ3) is 4.35. The smallest absolute Gasteiger partial charge is 0.258 e. The maximum absolute atomic E-state index is 12.2. The molecule has 3 rings (SSSR count). The molecule has 1 N–H and O–H groups in total. The number of aryl methyl sites for hydroxylation is 1. The van der Waals surface area contributed by atoms with Gasteiger partial charge < -0.3 is 10.1 Å². The van der Waals surface area contributed by atoms with Crippen LogP contribution in [0.4, 0.5) is 5.69 Å². The Bertz CT molecular complexity index is 894.